The Morgan fingerprint density at radius 3 is 2.08 bits per heavy atom. The highest BCUT2D eigenvalue weighted by atomic mass is 32.1. The van der Waals surface area contributed by atoms with Crippen LogP contribution in [0.15, 0.2) is 54.7 Å². The van der Waals surface area contributed by atoms with Gasteiger partial charge in [-0.15, -0.1) is 0 Å². The minimum Gasteiger partial charge on any atom is -0.508 e. The Morgan fingerprint density at radius 1 is 0.821 bits per heavy atom. The molecule has 208 valence electrons. The Kier molecular flexibility index (Phi) is 10.7. The van der Waals surface area contributed by atoms with E-state index in [1.165, 1.54) is 12.1 Å². The van der Waals surface area contributed by atoms with Crippen LogP contribution in [0.3, 0.4) is 0 Å². The fraction of sp³-hybridized carbons (Fsp3) is 0.308. The van der Waals surface area contributed by atoms with E-state index in [-0.39, 0.29) is 30.1 Å². The van der Waals surface area contributed by atoms with Gasteiger partial charge in [-0.3, -0.25) is 14.4 Å². The molecule has 0 bridgehead atoms. The number of hydrogen-bond donors (Lipinski definition) is 9. The molecule has 3 rings (SSSR count). The highest BCUT2D eigenvalue weighted by Crippen LogP contribution is 2.19. The number of carbonyl (C=O) groups is 4. The maximum absolute atomic E-state index is 13.4. The zero-order valence-corrected chi connectivity index (χ0v) is 22.6. The molecule has 11 nitrogen and oxygen atoms in total. The normalized spacial score (nSPS) is 14.1. The van der Waals surface area contributed by atoms with Gasteiger partial charge in [0.2, 0.25) is 17.7 Å². The molecule has 0 fully saturated rings. The molecule has 0 spiro atoms. The summed E-state index contributed by atoms with van der Waals surface area (Å²) in [5, 5.41) is 27.9. The van der Waals surface area contributed by atoms with Gasteiger partial charge in [0.05, 0.1) is 6.04 Å². The summed E-state index contributed by atoms with van der Waals surface area (Å²) >= 11 is 8.11. The summed E-state index contributed by atoms with van der Waals surface area (Å²) in [7, 11) is 0. The molecule has 13 heteroatoms. The highest BCUT2D eigenvalue weighted by Gasteiger charge is 2.30. The number of carbonyl (C=O) groups excluding carboxylic acids is 3. The number of aromatic hydroxyl groups is 1. The predicted molar refractivity (Wildman–Crippen MR) is 153 cm³/mol. The third-order valence-electron chi connectivity index (χ3n) is 6.07. The first-order chi connectivity index (χ1) is 18.6. The maximum Gasteiger partial charge on any atom is 0.326 e. The number of para-hydroxylation sites is 1. The number of carboxylic acids is 1. The number of rotatable bonds is 13. The van der Waals surface area contributed by atoms with Gasteiger partial charge in [0, 0.05) is 41.4 Å². The molecule has 0 radical (unpaired) electrons. The molecule has 0 aliphatic heterocycles. The van der Waals surface area contributed by atoms with Gasteiger partial charge >= 0.3 is 5.97 Å². The average Bonchev–Trinajstić information content (AvgIpc) is 3.33. The molecule has 0 saturated carbocycles. The van der Waals surface area contributed by atoms with Gasteiger partial charge in [0.1, 0.15) is 23.9 Å². The molecule has 3 aromatic rings. The number of carboxylic acid groups (broad SMARTS) is 1. The summed E-state index contributed by atoms with van der Waals surface area (Å²) in [6, 6.07) is 8.85. The highest BCUT2D eigenvalue weighted by molar-refractivity contribution is 7.80. The number of nitrogens with one attached hydrogen (secondary N) is 4. The Morgan fingerprint density at radius 2 is 1.44 bits per heavy atom. The van der Waals surface area contributed by atoms with Crippen molar-refractivity contribution in [1.82, 2.24) is 20.9 Å². The predicted octanol–water partition coefficient (Wildman–Crippen LogP) is 0.385. The molecule has 0 aliphatic carbocycles. The monoisotopic (exact) mass is 573 g/mol. The van der Waals surface area contributed by atoms with Crippen LogP contribution in [0.4, 0.5) is 0 Å². The maximum atomic E-state index is 13.4. The first-order valence-corrected chi connectivity index (χ1v) is 13.3. The molecule has 3 amide bonds. The molecule has 2 aromatic carbocycles. The van der Waals surface area contributed by atoms with Crippen LogP contribution in [0.2, 0.25) is 0 Å². The van der Waals surface area contributed by atoms with E-state index < -0.39 is 47.9 Å². The number of nitrogens with two attached hydrogens (primary N) is 1. The number of hydrogen-bond acceptors (Lipinski definition) is 8. The smallest absolute Gasteiger partial charge is 0.326 e. The van der Waals surface area contributed by atoms with Crippen LogP contribution < -0.4 is 21.7 Å². The van der Waals surface area contributed by atoms with Crippen LogP contribution in [0.5, 0.6) is 5.75 Å². The second kappa shape index (κ2) is 13.9. The van der Waals surface area contributed by atoms with Crippen LogP contribution >= 0.6 is 25.3 Å². The average molecular weight is 574 g/mol. The lowest BCUT2D eigenvalue weighted by Crippen LogP contribution is -2.58. The molecular formula is C26H31N5O6S2. The first kappa shape index (κ1) is 29.9. The number of phenols is 1. The molecule has 0 aliphatic rings. The van der Waals surface area contributed by atoms with Crippen LogP contribution in [-0.2, 0) is 32.0 Å². The van der Waals surface area contributed by atoms with E-state index in [1.807, 2.05) is 24.3 Å². The fourth-order valence-electron chi connectivity index (χ4n) is 3.90. The Hall–Kier alpha value is -3.68. The minimum absolute atomic E-state index is 0.00189. The van der Waals surface area contributed by atoms with Gasteiger partial charge in [-0.25, -0.2) is 4.79 Å². The van der Waals surface area contributed by atoms with E-state index in [9.17, 15) is 29.4 Å². The Balaban J connectivity index is 1.80. The van der Waals surface area contributed by atoms with Gasteiger partial charge in [-0.2, -0.15) is 25.3 Å². The van der Waals surface area contributed by atoms with Crippen molar-refractivity contribution in [3.63, 3.8) is 0 Å². The van der Waals surface area contributed by atoms with Crippen molar-refractivity contribution in [1.29, 1.82) is 0 Å². The lowest BCUT2D eigenvalue weighted by Gasteiger charge is -2.24. The lowest BCUT2D eigenvalue weighted by molar-refractivity contribution is -0.142. The number of benzene rings is 2. The van der Waals surface area contributed by atoms with Crippen molar-refractivity contribution in [2.24, 2.45) is 5.73 Å². The Labute approximate surface area is 235 Å². The topological polar surface area (TPSA) is 187 Å². The first-order valence-electron chi connectivity index (χ1n) is 12.1. The molecule has 8 N–H and O–H groups in total. The van der Waals surface area contributed by atoms with Crippen molar-refractivity contribution < 1.29 is 29.4 Å². The van der Waals surface area contributed by atoms with E-state index in [4.69, 9.17) is 5.73 Å². The standard InChI is InChI=1S/C26H31N5O6S2/c27-18(12-38)23(33)31-22(13-39)25(35)29-20(9-14-5-7-16(32)8-6-14)24(34)30-21(26(36)37)10-15-11-28-19-4-2-1-3-17(15)19/h1-8,11,18,20-22,28,32,38-39H,9-10,12-13,27H2,(H,29,35)(H,30,34)(H,31,33)(H,36,37). The van der Waals surface area contributed by atoms with Crippen molar-refractivity contribution in [2.45, 2.75) is 37.0 Å². The van der Waals surface area contributed by atoms with Gasteiger partial charge in [0.15, 0.2) is 0 Å². The summed E-state index contributed by atoms with van der Waals surface area (Å²) < 4.78 is 0. The van der Waals surface area contributed by atoms with Crippen LogP contribution in [0.1, 0.15) is 11.1 Å². The fourth-order valence-corrected chi connectivity index (χ4v) is 4.32. The number of fused-ring (bicyclic) bond motifs is 1. The second-order valence-electron chi connectivity index (χ2n) is 8.93. The number of amides is 3. The molecule has 1 aromatic heterocycles. The molecule has 4 unspecified atom stereocenters. The molecule has 1 heterocycles. The van der Waals surface area contributed by atoms with Crippen molar-refractivity contribution >= 4 is 59.9 Å². The SMILES string of the molecule is NC(CS)C(=O)NC(CS)C(=O)NC(Cc1ccc(O)cc1)C(=O)NC(Cc1c[nH]c2ccccc12)C(=O)O. The third-order valence-corrected chi connectivity index (χ3v) is 6.83. The molecule has 4 atom stereocenters. The van der Waals surface area contributed by atoms with E-state index >= 15 is 0 Å². The van der Waals surface area contributed by atoms with E-state index in [0.29, 0.717) is 11.1 Å². The molecular weight excluding hydrogens is 542 g/mol. The summed E-state index contributed by atoms with van der Waals surface area (Å²) in [6.45, 7) is 0. The van der Waals surface area contributed by atoms with Crippen molar-refractivity contribution in [3.05, 3.63) is 65.9 Å². The number of thiol groups is 2. The van der Waals surface area contributed by atoms with Crippen molar-refractivity contribution in [2.75, 3.05) is 11.5 Å². The van der Waals surface area contributed by atoms with Gasteiger partial charge in [0.25, 0.3) is 0 Å². The Bertz CT molecular complexity index is 1320. The van der Waals surface area contributed by atoms with E-state index in [1.54, 1.807) is 18.3 Å². The van der Waals surface area contributed by atoms with Gasteiger partial charge in [-0.1, -0.05) is 30.3 Å². The number of aromatic nitrogens is 1. The number of aromatic amines is 1. The number of phenolic OH excluding ortho intramolecular Hbond substituents is 1. The molecule has 0 saturated heterocycles. The number of H-pyrrole nitrogens is 1. The quantitative estimate of drug-likeness (QED) is 0.132. The van der Waals surface area contributed by atoms with E-state index in [2.05, 4.69) is 46.2 Å². The third kappa shape index (κ3) is 8.15. The molecule has 39 heavy (non-hydrogen) atoms. The lowest BCUT2D eigenvalue weighted by atomic mass is 10.0. The zero-order chi connectivity index (χ0) is 28.5. The van der Waals surface area contributed by atoms with E-state index in [0.717, 1.165) is 10.9 Å². The summed E-state index contributed by atoms with van der Waals surface area (Å²) in [5.41, 5.74) is 7.80. The largest absolute Gasteiger partial charge is 0.508 e. The summed E-state index contributed by atoms with van der Waals surface area (Å²) in [4.78, 5) is 53.7. The van der Waals surface area contributed by atoms with Gasteiger partial charge < -0.3 is 36.9 Å². The zero-order valence-electron chi connectivity index (χ0n) is 20.8. The van der Waals surface area contributed by atoms with Gasteiger partial charge in [-0.05, 0) is 29.3 Å². The van der Waals surface area contributed by atoms with Crippen molar-refractivity contribution in [3.8, 4) is 5.75 Å². The number of aliphatic carboxylic acids is 1. The summed E-state index contributed by atoms with van der Waals surface area (Å²) in [6.07, 6.45) is 1.68. The van der Waals surface area contributed by atoms with Crippen LogP contribution in [-0.4, -0.2) is 74.6 Å². The van der Waals surface area contributed by atoms with Crippen LogP contribution in [0, 0.1) is 0 Å². The summed E-state index contributed by atoms with van der Waals surface area (Å²) in [5.74, 6) is -3.29. The minimum atomic E-state index is -1.29. The van der Waals surface area contributed by atoms with Crippen LogP contribution in [0.25, 0.3) is 10.9 Å². The second-order valence-corrected chi connectivity index (χ2v) is 9.66.